The molecule has 0 amide bonds. The van der Waals surface area contributed by atoms with Gasteiger partial charge < -0.3 is 4.28 Å². The van der Waals surface area contributed by atoms with Crippen molar-refractivity contribution in [2.75, 3.05) is 0 Å². The fourth-order valence-electron chi connectivity index (χ4n) is 0.289. The van der Waals surface area contributed by atoms with Gasteiger partial charge in [-0.05, 0) is 0 Å². The van der Waals surface area contributed by atoms with Crippen LogP contribution >= 0.6 is 0 Å². The molecule has 0 aromatic rings. The normalized spacial score (nSPS) is 6.67. The van der Waals surface area contributed by atoms with Gasteiger partial charge in [0.25, 0.3) is 0 Å². The Morgan fingerprint density at radius 3 is 1.89 bits per heavy atom. The van der Waals surface area contributed by atoms with Crippen LogP contribution in [0.5, 0.6) is 0 Å². The number of rotatable bonds is 3. The van der Waals surface area contributed by atoms with Crippen molar-refractivity contribution < 1.29 is 4.28 Å². The predicted molar refractivity (Wildman–Crippen MR) is 50.8 cm³/mol. The van der Waals surface area contributed by atoms with Gasteiger partial charge >= 0.3 is 73.9 Å². The first-order valence-corrected chi connectivity index (χ1v) is 5.90. The molecule has 0 saturated carbocycles. The molecule has 0 nitrogen and oxygen atoms in total. The molecule has 0 heterocycles. The zero-order valence-corrected chi connectivity index (χ0v) is 8.87. The van der Waals surface area contributed by atoms with E-state index >= 15 is 0 Å². The van der Waals surface area contributed by atoms with E-state index in [1.807, 2.05) is 6.08 Å². The van der Waals surface area contributed by atoms with Crippen molar-refractivity contribution in [3.63, 3.8) is 0 Å². The average molecular weight is 156 g/mol. The zero-order valence-electron chi connectivity index (χ0n) is 9.56. The van der Waals surface area contributed by atoms with Gasteiger partial charge in [0.2, 0.25) is 0 Å². The first-order chi connectivity index (χ1) is 4.33. The number of hydrogen-bond donors (Lipinski definition) is 0. The molecule has 2 heteroatoms. The summed E-state index contributed by atoms with van der Waals surface area (Å²) in [5.74, 6) is 0. The Labute approximate surface area is 78.3 Å². The molecule has 0 spiro atoms. The SMILES string of the molecule is C=C[CH2][Al+2].C[CH2][Al+][CH2]C.[H-].[H-].[H-]. The first kappa shape index (κ1) is 12.5. The van der Waals surface area contributed by atoms with E-state index < -0.39 is 0 Å². The summed E-state index contributed by atoms with van der Waals surface area (Å²) >= 11 is 3.35. The van der Waals surface area contributed by atoms with Gasteiger partial charge in [0, 0.05) is 0 Å². The maximum Gasteiger partial charge on any atom is -1.00 e. The Morgan fingerprint density at radius 1 is 1.56 bits per heavy atom. The summed E-state index contributed by atoms with van der Waals surface area (Å²) < 4.78 is 0. The smallest absolute Gasteiger partial charge is 1.00 e. The van der Waals surface area contributed by atoms with Crippen LogP contribution in [0.3, 0.4) is 0 Å². The van der Waals surface area contributed by atoms with Crippen molar-refractivity contribution >= 4 is 31.5 Å². The molecule has 0 saturated heterocycles. The minimum Gasteiger partial charge on any atom is -1.00 e. The van der Waals surface area contributed by atoms with Gasteiger partial charge in [-0.1, -0.05) is 0 Å². The van der Waals surface area contributed by atoms with Crippen LogP contribution in [-0.4, -0.2) is 31.5 Å². The molecule has 0 aromatic heterocycles. The molecule has 0 aliphatic rings. The van der Waals surface area contributed by atoms with Crippen molar-refractivity contribution in [1.29, 1.82) is 0 Å². The van der Waals surface area contributed by atoms with Crippen LogP contribution in [0.2, 0.25) is 15.8 Å². The maximum absolute atomic E-state index is 3.46. The van der Waals surface area contributed by atoms with Crippen LogP contribution in [-0.2, 0) is 0 Å². The van der Waals surface area contributed by atoms with Crippen LogP contribution < -0.4 is 0 Å². The molecule has 0 atom stereocenters. The molecule has 0 rings (SSSR count). The fourth-order valence-corrected chi connectivity index (χ4v) is 0.866. The Kier molecular flexibility index (Phi) is 22.1. The van der Waals surface area contributed by atoms with Gasteiger partial charge in [0.15, 0.2) is 0 Å². The van der Waals surface area contributed by atoms with Crippen LogP contribution in [0.15, 0.2) is 12.7 Å². The van der Waals surface area contributed by atoms with Crippen molar-refractivity contribution in [3.05, 3.63) is 12.7 Å². The molecule has 0 aromatic carbocycles. The van der Waals surface area contributed by atoms with Gasteiger partial charge in [0.1, 0.15) is 0 Å². The van der Waals surface area contributed by atoms with Gasteiger partial charge in [-0.3, -0.25) is 0 Å². The van der Waals surface area contributed by atoms with E-state index in [0.29, 0.717) is 0 Å². The number of allylic oxidation sites excluding steroid dienone is 1. The molecule has 9 heavy (non-hydrogen) atoms. The molecular weight excluding hydrogens is 138 g/mol. The third-order valence-corrected chi connectivity index (χ3v) is 2.23. The summed E-state index contributed by atoms with van der Waals surface area (Å²) in [6.07, 6.45) is 1.84. The van der Waals surface area contributed by atoms with Crippen molar-refractivity contribution in [2.45, 2.75) is 29.7 Å². The van der Waals surface area contributed by atoms with E-state index in [9.17, 15) is 0 Å². The van der Waals surface area contributed by atoms with E-state index in [1.165, 1.54) is 10.6 Å². The molecule has 0 bridgehead atoms. The van der Waals surface area contributed by atoms with Crippen LogP contribution in [0.1, 0.15) is 18.1 Å². The molecule has 0 radical (unpaired) electrons. The molecule has 0 aliphatic heterocycles. The molecule has 52 valence electrons. The average Bonchev–Trinajstić information content (AvgIpc) is 1.91. The van der Waals surface area contributed by atoms with E-state index in [1.54, 1.807) is 0 Å². The van der Waals surface area contributed by atoms with E-state index in [2.05, 4.69) is 36.7 Å². The van der Waals surface area contributed by atoms with E-state index in [0.717, 1.165) is 20.5 Å². The van der Waals surface area contributed by atoms with E-state index in [-0.39, 0.29) is 4.28 Å². The standard InChI is InChI=1S/C3H5.2C2H5.2Al.3H/c1-3-2;2*1-2;;;;;/h3H,1-2H2;2*1H2,2H3;;;;;/q;;;+1;+2;3*-1. The predicted octanol–water partition coefficient (Wildman–Crippen LogP) is 2.66. The van der Waals surface area contributed by atoms with Gasteiger partial charge in [-0.2, -0.15) is 0 Å². The third-order valence-electron chi connectivity index (χ3n) is 0.744. The van der Waals surface area contributed by atoms with E-state index in [4.69, 9.17) is 0 Å². The quantitative estimate of drug-likeness (QED) is 0.435. The van der Waals surface area contributed by atoms with Crippen molar-refractivity contribution in [3.8, 4) is 0 Å². The summed E-state index contributed by atoms with van der Waals surface area (Å²) in [6, 6.07) is 0. The Morgan fingerprint density at radius 2 is 1.89 bits per heavy atom. The third kappa shape index (κ3) is 28.2. The second kappa shape index (κ2) is 15.9. The van der Waals surface area contributed by atoms with Gasteiger partial charge in [-0.15, -0.1) is 0 Å². The minimum atomic E-state index is 0. The van der Waals surface area contributed by atoms with Crippen LogP contribution in [0, 0.1) is 0 Å². The summed E-state index contributed by atoms with van der Waals surface area (Å²) in [5.41, 5.74) is 0. The van der Waals surface area contributed by atoms with Crippen LogP contribution in [0.25, 0.3) is 0 Å². The second-order valence-corrected chi connectivity index (χ2v) is 4.31. The van der Waals surface area contributed by atoms with Gasteiger partial charge in [0.05, 0.1) is 0 Å². The summed E-state index contributed by atoms with van der Waals surface area (Å²) in [7, 11) is 0. The summed E-state index contributed by atoms with van der Waals surface area (Å²) in [5, 5.41) is 3.85. The van der Waals surface area contributed by atoms with Crippen LogP contribution in [0.4, 0.5) is 0 Å². The molecule has 0 fully saturated rings. The first-order valence-electron chi connectivity index (χ1n) is 3.46. The molecular formula is C7H18Al2. The largest absolute Gasteiger partial charge is 1.00 e. The second-order valence-electron chi connectivity index (χ2n) is 1.63. The van der Waals surface area contributed by atoms with Crippen molar-refractivity contribution in [1.82, 2.24) is 0 Å². The van der Waals surface area contributed by atoms with Crippen molar-refractivity contribution in [2.24, 2.45) is 0 Å². The Bertz CT molecular complexity index is 51.9. The number of hydrogen-bond acceptors (Lipinski definition) is 0. The maximum atomic E-state index is 3.46. The molecule has 0 unspecified atom stereocenters. The van der Waals surface area contributed by atoms with Gasteiger partial charge in [-0.25, -0.2) is 0 Å². The topological polar surface area (TPSA) is 0 Å². The summed E-state index contributed by atoms with van der Waals surface area (Å²) in [6.45, 7) is 7.96. The minimum absolute atomic E-state index is 0. The monoisotopic (exact) mass is 156 g/mol. The Balaban J connectivity index is -0.0000000221. The Hall–Kier alpha value is 0.805. The summed E-state index contributed by atoms with van der Waals surface area (Å²) in [4.78, 5) is 0. The fraction of sp³-hybridized carbons (Fsp3) is 0.714. The zero-order chi connectivity index (χ0) is 7.54. The molecule has 0 aliphatic carbocycles. The molecule has 0 N–H and O–H groups in total.